The molecule has 0 amide bonds. The molecule has 0 bridgehead atoms. The van der Waals surface area contributed by atoms with Gasteiger partial charge in [0.2, 0.25) is 0 Å². The van der Waals surface area contributed by atoms with Gasteiger partial charge in [-0.15, -0.1) is 0 Å². The molecule has 27 heavy (non-hydrogen) atoms. The lowest BCUT2D eigenvalue weighted by atomic mass is 10.1. The largest absolute Gasteiger partial charge is 0.497 e. The highest BCUT2D eigenvalue weighted by Gasteiger charge is 2.32. The number of fused-ring (bicyclic) bond motifs is 3. The molecule has 3 aromatic rings. The molecule has 1 aliphatic rings. The maximum absolute atomic E-state index is 12.7. The van der Waals surface area contributed by atoms with Crippen molar-refractivity contribution in [3.8, 4) is 22.7 Å². The Hall–Kier alpha value is -2.93. The van der Waals surface area contributed by atoms with Crippen molar-refractivity contribution in [3.05, 3.63) is 59.8 Å². The molecule has 0 spiro atoms. The summed E-state index contributed by atoms with van der Waals surface area (Å²) in [6.45, 7) is 2.00. The Balaban J connectivity index is 1.96. The highest BCUT2D eigenvalue weighted by Crippen LogP contribution is 2.39. The van der Waals surface area contributed by atoms with Crippen LogP contribution >= 0.6 is 0 Å². The SMILES string of the molecule is CCOC(=O)c1nn(-c2ccc(OC)cc2)c2c1CS(=O)c1ccccc1-2. The molecule has 6 nitrogen and oxygen atoms in total. The second-order valence-electron chi connectivity index (χ2n) is 5.99. The maximum Gasteiger partial charge on any atom is 0.359 e. The Morgan fingerprint density at radius 3 is 2.63 bits per heavy atom. The zero-order valence-electron chi connectivity index (χ0n) is 15.0. The maximum atomic E-state index is 12.7. The molecule has 2 aromatic carbocycles. The van der Waals surface area contributed by atoms with Crippen molar-refractivity contribution in [2.75, 3.05) is 13.7 Å². The monoisotopic (exact) mass is 382 g/mol. The van der Waals surface area contributed by atoms with E-state index in [9.17, 15) is 9.00 Å². The van der Waals surface area contributed by atoms with Crippen molar-refractivity contribution >= 4 is 16.8 Å². The van der Waals surface area contributed by atoms with Crippen LogP contribution < -0.4 is 4.74 Å². The van der Waals surface area contributed by atoms with Gasteiger partial charge in [-0.05, 0) is 37.3 Å². The Morgan fingerprint density at radius 1 is 1.19 bits per heavy atom. The predicted molar refractivity (Wildman–Crippen MR) is 102 cm³/mol. The fraction of sp³-hybridized carbons (Fsp3) is 0.200. The van der Waals surface area contributed by atoms with Crippen LogP contribution in [0.2, 0.25) is 0 Å². The average molecular weight is 382 g/mol. The van der Waals surface area contributed by atoms with Gasteiger partial charge in [0.15, 0.2) is 5.69 Å². The van der Waals surface area contributed by atoms with Gasteiger partial charge in [0, 0.05) is 16.0 Å². The van der Waals surface area contributed by atoms with Gasteiger partial charge in [0.25, 0.3) is 0 Å². The van der Waals surface area contributed by atoms with E-state index >= 15 is 0 Å². The number of carbonyl (C=O) groups is 1. The third-order valence-electron chi connectivity index (χ3n) is 4.43. The van der Waals surface area contributed by atoms with E-state index in [1.165, 1.54) is 0 Å². The molecule has 1 aliphatic heterocycles. The summed E-state index contributed by atoms with van der Waals surface area (Å²) in [7, 11) is 0.370. The topological polar surface area (TPSA) is 70.4 Å². The molecule has 7 heteroatoms. The number of ether oxygens (including phenoxy) is 2. The van der Waals surface area contributed by atoms with Crippen LogP contribution in [-0.2, 0) is 21.3 Å². The second-order valence-corrected chi connectivity index (χ2v) is 7.41. The number of hydrogen-bond donors (Lipinski definition) is 0. The van der Waals surface area contributed by atoms with Crippen LogP contribution in [0.3, 0.4) is 0 Å². The van der Waals surface area contributed by atoms with E-state index in [0.717, 1.165) is 27.6 Å². The smallest absolute Gasteiger partial charge is 0.359 e. The van der Waals surface area contributed by atoms with Crippen molar-refractivity contribution in [1.29, 1.82) is 0 Å². The summed E-state index contributed by atoms with van der Waals surface area (Å²) in [4.78, 5) is 13.2. The molecular formula is C20H18N2O4S. The minimum absolute atomic E-state index is 0.213. The Morgan fingerprint density at radius 2 is 1.93 bits per heavy atom. The van der Waals surface area contributed by atoms with E-state index in [4.69, 9.17) is 9.47 Å². The lowest BCUT2D eigenvalue weighted by Gasteiger charge is -2.18. The highest BCUT2D eigenvalue weighted by atomic mass is 32.2. The molecular weight excluding hydrogens is 364 g/mol. The van der Waals surface area contributed by atoms with Crippen LogP contribution in [0.1, 0.15) is 23.0 Å². The summed E-state index contributed by atoms with van der Waals surface area (Å²) in [5, 5.41) is 4.54. The van der Waals surface area contributed by atoms with Crippen LogP contribution in [0, 0.1) is 0 Å². The van der Waals surface area contributed by atoms with E-state index in [1.807, 2.05) is 48.5 Å². The molecule has 0 N–H and O–H groups in total. The van der Waals surface area contributed by atoms with Crippen LogP contribution in [0.4, 0.5) is 0 Å². The van der Waals surface area contributed by atoms with Gasteiger partial charge < -0.3 is 9.47 Å². The normalized spacial score (nSPS) is 15.0. The van der Waals surface area contributed by atoms with E-state index in [1.54, 1.807) is 18.7 Å². The first-order valence-electron chi connectivity index (χ1n) is 8.55. The van der Waals surface area contributed by atoms with Gasteiger partial charge >= 0.3 is 5.97 Å². The van der Waals surface area contributed by atoms with Crippen LogP contribution in [0.15, 0.2) is 53.4 Å². The van der Waals surface area contributed by atoms with Crippen molar-refractivity contribution < 1.29 is 18.5 Å². The number of methoxy groups -OCH3 is 1. The van der Waals surface area contributed by atoms with Crippen LogP contribution in [-0.4, -0.2) is 33.7 Å². The first-order valence-corrected chi connectivity index (χ1v) is 9.87. The minimum Gasteiger partial charge on any atom is -0.497 e. The second kappa shape index (κ2) is 7.00. The molecule has 1 aromatic heterocycles. The van der Waals surface area contributed by atoms with Gasteiger partial charge in [-0.3, -0.25) is 4.21 Å². The number of carbonyl (C=O) groups excluding carboxylic acids is 1. The van der Waals surface area contributed by atoms with Crippen molar-refractivity contribution in [2.24, 2.45) is 0 Å². The zero-order valence-corrected chi connectivity index (χ0v) is 15.8. The summed E-state index contributed by atoms with van der Waals surface area (Å²) in [6.07, 6.45) is 0. The first-order chi connectivity index (χ1) is 13.1. The van der Waals surface area contributed by atoms with Crippen molar-refractivity contribution in [3.63, 3.8) is 0 Å². The molecule has 2 heterocycles. The molecule has 138 valence electrons. The lowest BCUT2D eigenvalue weighted by Crippen LogP contribution is -2.12. The summed E-state index contributed by atoms with van der Waals surface area (Å²) in [5.41, 5.74) is 3.24. The molecule has 0 aliphatic carbocycles. The van der Waals surface area contributed by atoms with Gasteiger partial charge in [-0.2, -0.15) is 5.10 Å². The Kier molecular flexibility index (Phi) is 4.53. The quantitative estimate of drug-likeness (QED) is 0.647. The minimum atomic E-state index is -1.24. The number of nitrogens with zero attached hydrogens (tertiary/aromatic N) is 2. The highest BCUT2D eigenvalue weighted by molar-refractivity contribution is 7.84. The molecule has 0 saturated carbocycles. The molecule has 0 saturated heterocycles. The standard InChI is InChI=1S/C20H18N2O4S/c1-3-26-20(23)18-16-12-27(24)17-7-5-4-6-15(17)19(16)22(21-18)13-8-10-14(25-2)11-9-13/h4-11H,3,12H2,1-2H3. The molecule has 0 fully saturated rings. The number of esters is 1. The van der Waals surface area contributed by atoms with Crippen LogP contribution in [0.5, 0.6) is 5.75 Å². The lowest BCUT2D eigenvalue weighted by molar-refractivity contribution is 0.0518. The van der Waals surface area contributed by atoms with Gasteiger partial charge in [0.1, 0.15) is 5.75 Å². The van der Waals surface area contributed by atoms with E-state index in [2.05, 4.69) is 5.10 Å². The number of rotatable bonds is 4. The fourth-order valence-electron chi connectivity index (χ4n) is 3.21. The van der Waals surface area contributed by atoms with E-state index in [-0.39, 0.29) is 18.1 Å². The van der Waals surface area contributed by atoms with Crippen LogP contribution in [0.25, 0.3) is 16.9 Å². The van der Waals surface area contributed by atoms with Crippen molar-refractivity contribution in [2.45, 2.75) is 17.6 Å². The third-order valence-corrected chi connectivity index (χ3v) is 5.83. The first kappa shape index (κ1) is 17.5. The molecule has 4 rings (SSSR count). The van der Waals surface area contributed by atoms with Gasteiger partial charge in [0.05, 0.1) is 41.7 Å². The van der Waals surface area contributed by atoms with Gasteiger partial charge in [-0.25, -0.2) is 9.48 Å². The predicted octanol–water partition coefficient (Wildman–Crippen LogP) is 3.35. The average Bonchev–Trinajstić information content (AvgIpc) is 3.08. The summed E-state index contributed by atoms with van der Waals surface area (Å²) in [5.74, 6) is 0.459. The van der Waals surface area contributed by atoms with E-state index in [0.29, 0.717) is 5.56 Å². The van der Waals surface area contributed by atoms with Gasteiger partial charge in [-0.1, -0.05) is 18.2 Å². The summed E-state index contributed by atoms with van der Waals surface area (Å²) >= 11 is 0. The summed E-state index contributed by atoms with van der Waals surface area (Å²) < 4.78 is 24.8. The third kappa shape index (κ3) is 2.94. The Bertz CT molecular complexity index is 1040. The van der Waals surface area contributed by atoms with E-state index < -0.39 is 16.8 Å². The summed E-state index contributed by atoms with van der Waals surface area (Å²) in [6, 6.07) is 14.9. The number of aromatic nitrogens is 2. The zero-order chi connectivity index (χ0) is 19.0. The number of hydrogen-bond acceptors (Lipinski definition) is 5. The molecule has 0 radical (unpaired) electrons. The Labute approximate surface area is 159 Å². The van der Waals surface area contributed by atoms with Crippen molar-refractivity contribution in [1.82, 2.24) is 9.78 Å². The molecule has 1 atom stereocenters. The fourth-order valence-corrected chi connectivity index (χ4v) is 4.54. The number of benzene rings is 2. The molecule has 1 unspecified atom stereocenters.